The van der Waals surface area contributed by atoms with Crippen molar-refractivity contribution in [1.82, 2.24) is 10.5 Å². The summed E-state index contributed by atoms with van der Waals surface area (Å²) in [6, 6.07) is 3.52. The van der Waals surface area contributed by atoms with Crippen LogP contribution < -0.4 is 5.48 Å². The molecule has 0 spiro atoms. The lowest BCUT2D eigenvalue weighted by atomic mass is 10.2. The Balaban J connectivity index is 1.78. The molecule has 1 fully saturated rings. The Bertz CT molecular complexity index is 619. The van der Waals surface area contributed by atoms with E-state index in [1.807, 2.05) is 0 Å². The SMILES string of the molecule is CCOC(=O)C=Cc1ccc(C=CC(=O)NOC2CCCCO2)nc1. The molecule has 25 heavy (non-hydrogen) atoms. The summed E-state index contributed by atoms with van der Waals surface area (Å²) in [6.07, 6.45) is 9.89. The largest absolute Gasteiger partial charge is 0.463 e. The molecule has 134 valence electrons. The number of hydroxylamine groups is 1. The lowest BCUT2D eigenvalue weighted by Gasteiger charge is -2.21. The van der Waals surface area contributed by atoms with E-state index < -0.39 is 5.97 Å². The van der Waals surface area contributed by atoms with Crippen molar-refractivity contribution in [3.63, 3.8) is 0 Å². The smallest absolute Gasteiger partial charge is 0.330 e. The lowest BCUT2D eigenvalue weighted by molar-refractivity contribution is -0.198. The zero-order chi connectivity index (χ0) is 17.9. The maximum Gasteiger partial charge on any atom is 0.330 e. The number of aromatic nitrogens is 1. The third-order valence-electron chi connectivity index (χ3n) is 3.34. The number of carbonyl (C=O) groups is 2. The van der Waals surface area contributed by atoms with E-state index in [-0.39, 0.29) is 12.2 Å². The minimum absolute atomic E-state index is 0.337. The Labute approximate surface area is 146 Å². The van der Waals surface area contributed by atoms with Crippen LogP contribution in [-0.2, 0) is 23.9 Å². The highest BCUT2D eigenvalue weighted by Gasteiger charge is 2.14. The number of carbonyl (C=O) groups excluding carboxylic acids is 2. The van der Waals surface area contributed by atoms with Crippen molar-refractivity contribution in [2.75, 3.05) is 13.2 Å². The Kier molecular flexibility index (Phi) is 7.81. The number of nitrogens with zero attached hydrogens (tertiary/aromatic N) is 1. The molecule has 7 nitrogen and oxygen atoms in total. The van der Waals surface area contributed by atoms with E-state index in [0.717, 1.165) is 24.8 Å². The summed E-state index contributed by atoms with van der Waals surface area (Å²) >= 11 is 0. The van der Waals surface area contributed by atoms with Crippen LogP contribution in [0.4, 0.5) is 0 Å². The third kappa shape index (κ3) is 7.28. The Hall–Kier alpha value is -2.51. The fraction of sp³-hybridized carbons (Fsp3) is 0.389. The van der Waals surface area contributed by atoms with Crippen molar-refractivity contribution in [2.45, 2.75) is 32.5 Å². The quantitative estimate of drug-likeness (QED) is 0.463. The molecule has 1 unspecified atom stereocenters. The number of nitrogens with one attached hydrogen (secondary N) is 1. The van der Waals surface area contributed by atoms with Crippen molar-refractivity contribution < 1.29 is 23.9 Å². The first-order chi connectivity index (χ1) is 12.2. The van der Waals surface area contributed by atoms with E-state index in [1.54, 1.807) is 37.4 Å². The highest BCUT2D eigenvalue weighted by molar-refractivity contribution is 5.90. The molecule has 0 aromatic carbocycles. The summed E-state index contributed by atoms with van der Waals surface area (Å²) in [5.74, 6) is -0.785. The van der Waals surface area contributed by atoms with E-state index in [0.29, 0.717) is 18.9 Å². The van der Waals surface area contributed by atoms with Crippen LogP contribution in [0.5, 0.6) is 0 Å². The van der Waals surface area contributed by atoms with Gasteiger partial charge in [0, 0.05) is 31.4 Å². The van der Waals surface area contributed by atoms with Crippen molar-refractivity contribution >= 4 is 24.0 Å². The lowest BCUT2D eigenvalue weighted by Crippen LogP contribution is -2.32. The molecule has 2 heterocycles. The van der Waals surface area contributed by atoms with Crippen LogP contribution in [0.15, 0.2) is 30.5 Å². The minimum atomic E-state index is -0.398. The maximum absolute atomic E-state index is 11.7. The molecule has 1 N–H and O–H groups in total. The van der Waals surface area contributed by atoms with E-state index >= 15 is 0 Å². The molecule has 7 heteroatoms. The van der Waals surface area contributed by atoms with Gasteiger partial charge in [-0.25, -0.2) is 15.1 Å². The van der Waals surface area contributed by atoms with Gasteiger partial charge in [0.2, 0.25) is 0 Å². The first kappa shape index (κ1) is 18.8. The van der Waals surface area contributed by atoms with Crippen LogP contribution in [0, 0.1) is 0 Å². The van der Waals surface area contributed by atoms with Crippen LogP contribution in [0.25, 0.3) is 12.2 Å². The summed E-state index contributed by atoms with van der Waals surface area (Å²) in [5.41, 5.74) is 3.70. The number of rotatable bonds is 7. The molecule has 1 aromatic rings. The molecule has 1 aromatic heterocycles. The summed E-state index contributed by atoms with van der Waals surface area (Å²) in [6.45, 7) is 2.73. The van der Waals surface area contributed by atoms with E-state index in [1.165, 1.54) is 12.2 Å². The highest BCUT2D eigenvalue weighted by Crippen LogP contribution is 2.12. The molecule has 2 rings (SSSR count). The Morgan fingerprint density at radius 1 is 1.32 bits per heavy atom. The number of pyridine rings is 1. The van der Waals surface area contributed by atoms with Crippen LogP contribution >= 0.6 is 0 Å². The van der Waals surface area contributed by atoms with Crippen molar-refractivity contribution in [1.29, 1.82) is 0 Å². The molecule has 0 bridgehead atoms. The monoisotopic (exact) mass is 346 g/mol. The third-order valence-corrected chi connectivity index (χ3v) is 3.34. The summed E-state index contributed by atoms with van der Waals surface area (Å²) < 4.78 is 10.1. The molecule has 1 saturated heterocycles. The molecule has 0 radical (unpaired) electrons. The minimum Gasteiger partial charge on any atom is -0.463 e. The molecule has 0 aliphatic carbocycles. The van der Waals surface area contributed by atoms with Crippen LogP contribution in [-0.4, -0.2) is 36.4 Å². The standard InChI is InChI=1S/C18H22N2O5/c1-2-23-17(22)11-7-14-6-8-15(19-13-14)9-10-16(21)20-25-18-5-3-4-12-24-18/h6-11,13,18H,2-5,12H2,1H3,(H,20,21). The number of amides is 1. The molecule has 1 atom stereocenters. The van der Waals surface area contributed by atoms with Gasteiger partial charge >= 0.3 is 5.97 Å². The van der Waals surface area contributed by atoms with E-state index in [9.17, 15) is 9.59 Å². The Morgan fingerprint density at radius 2 is 2.20 bits per heavy atom. The van der Waals surface area contributed by atoms with Gasteiger partial charge < -0.3 is 9.47 Å². The van der Waals surface area contributed by atoms with E-state index in [4.69, 9.17) is 14.3 Å². The van der Waals surface area contributed by atoms with Gasteiger partial charge in [0.25, 0.3) is 5.91 Å². The number of hydrogen-bond acceptors (Lipinski definition) is 6. The number of hydrogen-bond donors (Lipinski definition) is 1. The molecular formula is C18H22N2O5. The second kappa shape index (κ2) is 10.4. The van der Waals surface area contributed by atoms with Gasteiger partial charge in [-0.15, -0.1) is 0 Å². The van der Waals surface area contributed by atoms with Gasteiger partial charge in [-0.2, -0.15) is 0 Å². The second-order valence-electron chi connectivity index (χ2n) is 5.32. The number of esters is 1. The molecule has 1 amide bonds. The molecule has 1 aliphatic heterocycles. The normalized spacial score (nSPS) is 17.7. The van der Waals surface area contributed by atoms with Gasteiger partial charge in [0.15, 0.2) is 6.29 Å². The zero-order valence-corrected chi connectivity index (χ0v) is 14.1. The van der Waals surface area contributed by atoms with Crippen LogP contribution in [0.3, 0.4) is 0 Å². The summed E-state index contributed by atoms with van der Waals surface area (Å²) in [5, 5.41) is 0. The van der Waals surface area contributed by atoms with Crippen LogP contribution in [0.2, 0.25) is 0 Å². The zero-order valence-electron chi connectivity index (χ0n) is 14.1. The van der Waals surface area contributed by atoms with Gasteiger partial charge in [-0.3, -0.25) is 9.78 Å². The van der Waals surface area contributed by atoms with E-state index in [2.05, 4.69) is 10.5 Å². The van der Waals surface area contributed by atoms with Gasteiger partial charge in [-0.05, 0) is 43.5 Å². The molecule has 1 aliphatic rings. The average Bonchev–Trinajstić information content (AvgIpc) is 2.65. The van der Waals surface area contributed by atoms with Gasteiger partial charge in [-0.1, -0.05) is 6.07 Å². The van der Waals surface area contributed by atoms with Gasteiger partial charge in [0.05, 0.1) is 12.3 Å². The van der Waals surface area contributed by atoms with Crippen LogP contribution in [0.1, 0.15) is 37.4 Å². The summed E-state index contributed by atoms with van der Waals surface area (Å²) in [4.78, 5) is 32.3. The van der Waals surface area contributed by atoms with Crippen molar-refractivity contribution in [3.8, 4) is 0 Å². The first-order valence-corrected chi connectivity index (χ1v) is 8.23. The average molecular weight is 346 g/mol. The van der Waals surface area contributed by atoms with Crippen molar-refractivity contribution in [2.24, 2.45) is 0 Å². The Morgan fingerprint density at radius 3 is 2.88 bits per heavy atom. The molecular weight excluding hydrogens is 324 g/mol. The number of ether oxygens (including phenoxy) is 2. The van der Waals surface area contributed by atoms with Gasteiger partial charge in [0.1, 0.15) is 0 Å². The highest BCUT2D eigenvalue weighted by atomic mass is 16.8. The summed E-state index contributed by atoms with van der Waals surface area (Å²) in [7, 11) is 0. The predicted molar refractivity (Wildman–Crippen MR) is 91.8 cm³/mol. The second-order valence-corrected chi connectivity index (χ2v) is 5.32. The fourth-order valence-electron chi connectivity index (χ4n) is 2.09. The molecule has 0 saturated carbocycles. The maximum atomic E-state index is 11.7. The first-order valence-electron chi connectivity index (χ1n) is 8.23. The fourth-order valence-corrected chi connectivity index (χ4v) is 2.09. The predicted octanol–water partition coefficient (Wildman–Crippen LogP) is 2.25. The van der Waals surface area contributed by atoms with Crippen molar-refractivity contribution in [3.05, 3.63) is 41.7 Å². The topological polar surface area (TPSA) is 86.8 Å².